The summed E-state index contributed by atoms with van der Waals surface area (Å²) in [5.74, 6) is 0. The maximum atomic E-state index is 11.6. The van der Waals surface area contributed by atoms with Gasteiger partial charge in [-0.25, -0.2) is 4.79 Å². The minimum atomic E-state index is -0.286. The molecule has 1 rings (SSSR count). The van der Waals surface area contributed by atoms with Crippen LogP contribution in [0.1, 0.15) is 19.4 Å². The third-order valence-corrected chi connectivity index (χ3v) is 2.12. The van der Waals surface area contributed by atoms with Crippen molar-refractivity contribution in [1.29, 1.82) is 0 Å². The summed E-state index contributed by atoms with van der Waals surface area (Å²) in [5.41, 5.74) is 2.02. The molecule has 0 aliphatic rings. The van der Waals surface area contributed by atoms with Crippen molar-refractivity contribution in [2.45, 2.75) is 20.8 Å². The van der Waals surface area contributed by atoms with Crippen LogP contribution < -0.4 is 4.90 Å². The van der Waals surface area contributed by atoms with Crippen molar-refractivity contribution in [3.05, 3.63) is 29.8 Å². The van der Waals surface area contributed by atoms with E-state index in [1.165, 1.54) is 0 Å². The fourth-order valence-corrected chi connectivity index (χ4v) is 1.41. The van der Waals surface area contributed by atoms with E-state index in [1.807, 2.05) is 45.0 Å². The number of rotatable bonds is 3. The van der Waals surface area contributed by atoms with Crippen LogP contribution in [0.3, 0.4) is 0 Å². The van der Waals surface area contributed by atoms with Crippen LogP contribution in [-0.2, 0) is 4.74 Å². The van der Waals surface area contributed by atoms with Crippen molar-refractivity contribution in [3.63, 3.8) is 0 Å². The van der Waals surface area contributed by atoms with Crippen LogP contribution in [0.5, 0.6) is 0 Å². The molecule has 0 radical (unpaired) electrons. The minimum absolute atomic E-state index is 0.286. The molecule has 0 fully saturated rings. The molecule has 0 aliphatic carbocycles. The maximum absolute atomic E-state index is 11.6. The predicted octanol–water partition coefficient (Wildman–Crippen LogP) is 2.98. The van der Waals surface area contributed by atoms with Crippen LogP contribution in [0.2, 0.25) is 0 Å². The van der Waals surface area contributed by atoms with E-state index in [-0.39, 0.29) is 6.09 Å². The molecule has 1 aromatic rings. The maximum Gasteiger partial charge on any atom is 0.414 e. The Labute approximate surface area is 90.7 Å². The molecule has 0 unspecified atom stereocenters. The molecule has 0 saturated carbocycles. The Morgan fingerprint density at radius 1 is 1.40 bits per heavy atom. The van der Waals surface area contributed by atoms with E-state index in [0.717, 1.165) is 11.3 Å². The number of ether oxygens (including phenoxy) is 1. The highest BCUT2D eigenvalue weighted by Gasteiger charge is 2.14. The van der Waals surface area contributed by atoms with Gasteiger partial charge in [-0.2, -0.15) is 0 Å². The van der Waals surface area contributed by atoms with Crippen LogP contribution in [0.15, 0.2) is 24.3 Å². The smallest absolute Gasteiger partial charge is 0.414 e. The van der Waals surface area contributed by atoms with Gasteiger partial charge in [0.25, 0.3) is 0 Å². The normalized spacial score (nSPS) is 9.80. The number of carbonyl (C=O) groups is 1. The Morgan fingerprint density at radius 3 is 2.67 bits per heavy atom. The first-order valence-electron chi connectivity index (χ1n) is 5.20. The fourth-order valence-electron chi connectivity index (χ4n) is 1.41. The molecule has 0 heterocycles. The van der Waals surface area contributed by atoms with Crippen molar-refractivity contribution < 1.29 is 9.53 Å². The van der Waals surface area contributed by atoms with Crippen molar-refractivity contribution in [3.8, 4) is 0 Å². The van der Waals surface area contributed by atoms with Gasteiger partial charge in [0, 0.05) is 12.2 Å². The third-order valence-electron chi connectivity index (χ3n) is 2.12. The van der Waals surface area contributed by atoms with Gasteiger partial charge in [-0.05, 0) is 38.5 Å². The Kier molecular flexibility index (Phi) is 4.16. The van der Waals surface area contributed by atoms with E-state index >= 15 is 0 Å². The number of carbonyl (C=O) groups excluding carboxylic acids is 1. The Bertz CT molecular complexity index is 336. The summed E-state index contributed by atoms with van der Waals surface area (Å²) in [5, 5.41) is 0. The lowest BCUT2D eigenvalue weighted by atomic mass is 10.2. The average molecular weight is 207 g/mol. The van der Waals surface area contributed by atoms with Crippen LogP contribution in [-0.4, -0.2) is 19.2 Å². The number of hydrogen-bond donors (Lipinski definition) is 0. The molecule has 82 valence electrons. The van der Waals surface area contributed by atoms with Gasteiger partial charge in [-0.1, -0.05) is 12.1 Å². The molecule has 15 heavy (non-hydrogen) atoms. The summed E-state index contributed by atoms with van der Waals surface area (Å²) >= 11 is 0. The third kappa shape index (κ3) is 2.98. The number of hydrogen-bond acceptors (Lipinski definition) is 2. The molecule has 3 heteroatoms. The summed E-state index contributed by atoms with van der Waals surface area (Å²) in [4.78, 5) is 13.2. The summed E-state index contributed by atoms with van der Waals surface area (Å²) in [6.45, 7) is 6.76. The summed E-state index contributed by atoms with van der Waals surface area (Å²) < 4.78 is 4.98. The lowest BCUT2D eigenvalue weighted by Gasteiger charge is -2.20. The highest BCUT2D eigenvalue weighted by atomic mass is 16.6. The number of amides is 1. The molecule has 0 saturated heterocycles. The number of benzene rings is 1. The molecule has 0 N–H and O–H groups in total. The van der Waals surface area contributed by atoms with Crippen LogP contribution in [0, 0.1) is 6.92 Å². The highest BCUT2D eigenvalue weighted by molar-refractivity contribution is 5.87. The predicted molar refractivity (Wildman–Crippen MR) is 61.2 cm³/mol. The van der Waals surface area contributed by atoms with Gasteiger partial charge in [0.15, 0.2) is 0 Å². The minimum Gasteiger partial charge on any atom is -0.449 e. The molecule has 0 bridgehead atoms. The summed E-state index contributed by atoms with van der Waals surface area (Å²) in [7, 11) is 0. The molecular weight excluding hydrogens is 190 g/mol. The van der Waals surface area contributed by atoms with Gasteiger partial charge in [0.05, 0.1) is 6.61 Å². The average Bonchev–Trinajstić information content (AvgIpc) is 2.19. The van der Waals surface area contributed by atoms with Crippen LogP contribution in [0.4, 0.5) is 10.5 Å². The fraction of sp³-hybridized carbons (Fsp3) is 0.417. The Balaban J connectivity index is 2.87. The molecule has 0 aromatic heterocycles. The van der Waals surface area contributed by atoms with E-state index in [2.05, 4.69) is 0 Å². The number of aryl methyl sites for hydroxylation is 1. The van der Waals surface area contributed by atoms with Crippen molar-refractivity contribution in [2.75, 3.05) is 18.1 Å². The van der Waals surface area contributed by atoms with Crippen molar-refractivity contribution >= 4 is 11.8 Å². The first kappa shape index (κ1) is 11.6. The van der Waals surface area contributed by atoms with Gasteiger partial charge in [-0.3, -0.25) is 4.90 Å². The van der Waals surface area contributed by atoms with E-state index in [0.29, 0.717) is 13.2 Å². The lowest BCUT2D eigenvalue weighted by Crippen LogP contribution is -2.31. The van der Waals surface area contributed by atoms with Crippen molar-refractivity contribution in [1.82, 2.24) is 0 Å². The first-order valence-corrected chi connectivity index (χ1v) is 5.20. The summed E-state index contributed by atoms with van der Waals surface area (Å²) in [6, 6.07) is 7.82. The van der Waals surface area contributed by atoms with E-state index < -0.39 is 0 Å². The van der Waals surface area contributed by atoms with E-state index in [4.69, 9.17) is 4.74 Å². The molecule has 1 aromatic carbocycles. The monoisotopic (exact) mass is 207 g/mol. The van der Waals surface area contributed by atoms with Gasteiger partial charge < -0.3 is 4.74 Å². The van der Waals surface area contributed by atoms with Gasteiger partial charge in [-0.15, -0.1) is 0 Å². The largest absolute Gasteiger partial charge is 0.449 e. The number of anilines is 1. The second kappa shape index (κ2) is 5.39. The molecular formula is C12H17NO2. The highest BCUT2D eigenvalue weighted by Crippen LogP contribution is 2.16. The zero-order chi connectivity index (χ0) is 11.3. The van der Waals surface area contributed by atoms with Gasteiger partial charge >= 0.3 is 6.09 Å². The van der Waals surface area contributed by atoms with E-state index in [1.54, 1.807) is 4.90 Å². The topological polar surface area (TPSA) is 29.5 Å². The SMILES string of the molecule is CCOC(=O)N(CC)c1cccc(C)c1. The summed E-state index contributed by atoms with van der Waals surface area (Å²) in [6.07, 6.45) is -0.286. The van der Waals surface area contributed by atoms with Crippen LogP contribution in [0.25, 0.3) is 0 Å². The second-order valence-electron chi connectivity index (χ2n) is 3.28. The van der Waals surface area contributed by atoms with Gasteiger partial charge in [0.1, 0.15) is 0 Å². The van der Waals surface area contributed by atoms with Crippen LogP contribution >= 0.6 is 0 Å². The standard InChI is InChI=1S/C12H17NO2/c1-4-13(12(14)15-5-2)11-8-6-7-10(3)9-11/h6-9H,4-5H2,1-3H3. The molecule has 0 atom stereocenters. The van der Waals surface area contributed by atoms with E-state index in [9.17, 15) is 4.79 Å². The van der Waals surface area contributed by atoms with Crippen molar-refractivity contribution in [2.24, 2.45) is 0 Å². The zero-order valence-corrected chi connectivity index (χ0v) is 9.49. The van der Waals surface area contributed by atoms with Gasteiger partial charge in [0.2, 0.25) is 0 Å². The number of nitrogens with zero attached hydrogens (tertiary/aromatic N) is 1. The molecule has 1 amide bonds. The Hall–Kier alpha value is -1.51. The Morgan fingerprint density at radius 2 is 2.13 bits per heavy atom. The quantitative estimate of drug-likeness (QED) is 0.762. The molecule has 0 aliphatic heterocycles. The second-order valence-corrected chi connectivity index (χ2v) is 3.28. The zero-order valence-electron chi connectivity index (χ0n) is 9.49. The molecule has 0 spiro atoms. The first-order chi connectivity index (χ1) is 7.19. The molecule has 3 nitrogen and oxygen atoms in total. The lowest BCUT2D eigenvalue weighted by molar-refractivity contribution is 0.160.